The largest absolute Gasteiger partial charge is 0.475 e. The van der Waals surface area contributed by atoms with Gasteiger partial charge in [-0.3, -0.25) is 0 Å². The van der Waals surface area contributed by atoms with Crippen molar-refractivity contribution in [2.45, 2.75) is 12.0 Å². The SMILES string of the molecule is Cc1cc(NS(=O)(=O)c2ccc(C(=O)O)o2)on1. The fraction of sp³-hybridized carbons (Fsp3) is 0.111. The summed E-state index contributed by atoms with van der Waals surface area (Å²) in [6, 6.07) is 3.45. The number of hydrogen-bond acceptors (Lipinski definition) is 6. The highest BCUT2D eigenvalue weighted by Crippen LogP contribution is 2.18. The van der Waals surface area contributed by atoms with Gasteiger partial charge in [0, 0.05) is 6.07 Å². The number of anilines is 1. The molecule has 0 aliphatic carbocycles. The summed E-state index contributed by atoms with van der Waals surface area (Å²) in [5.74, 6) is -1.91. The number of rotatable bonds is 4. The summed E-state index contributed by atoms with van der Waals surface area (Å²) < 4.78 is 34.9. The highest BCUT2D eigenvalue weighted by atomic mass is 32.2. The molecule has 0 fully saturated rings. The molecule has 0 aliphatic heterocycles. The van der Waals surface area contributed by atoms with E-state index in [1.807, 2.05) is 0 Å². The molecule has 0 radical (unpaired) electrons. The van der Waals surface area contributed by atoms with Crippen molar-refractivity contribution in [3.8, 4) is 0 Å². The fourth-order valence-corrected chi connectivity index (χ4v) is 2.08. The van der Waals surface area contributed by atoms with Crippen LogP contribution in [0.15, 0.2) is 32.2 Å². The minimum absolute atomic E-state index is 0.0826. The van der Waals surface area contributed by atoms with Gasteiger partial charge < -0.3 is 14.0 Å². The predicted molar refractivity (Wildman–Crippen MR) is 57.7 cm³/mol. The van der Waals surface area contributed by atoms with Gasteiger partial charge >= 0.3 is 5.97 Å². The van der Waals surface area contributed by atoms with Crippen molar-refractivity contribution in [2.75, 3.05) is 4.72 Å². The van der Waals surface area contributed by atoms with E-state index >= 15 is 0 Å². The lowest BCUT2D eigenvalue weighted by molar-refractivity contribution is 0.0656. The maximum absolute atomic E-state index is 11.8. The van der Waals surface area contributed by atoms with Crippen molar-refractivity contribution in [1.29, 1.82) is 0 Å². The lowest BCUT2D eigenvalue weighted by Crippen LogP contribution is -2.11. The number of carboxylic acid groups (broad SMARTS) is 1. The van der Waals surface area contributed by atoms with E-state index < -0.39 is 26.8 Å². The monoisotopic (exact) mass is 272 g/mol. The van der Waals surface area contributed by atoms with Gasteiger partial charge in [-0.25, -0.2) is 9.52 Å². The van der Waals surface area contributed by atoms with Gasteiger partial charge in [0.25, 0.3) is 10.0 Å². The molecule has 0 saturated heterocycles. The Labute approximate surface area is 101 Å². The molecular weight excluding hydrogens is 264 g/mol. The van der Waals surface area contributed by atoms with Crippen molar-refractivity contribution in [1.82, 2.24) is 5.16 Å². The Balaban J connectivity index is 2.27. The van der Waals surface area contributed by atoms with E-state index in [4.69, 9.17) is 5.11 Å². The van der Waals surface area contributed by atoms with Crippen molar-refractivity contribution < 1.29 is 27.3 Å². The van der Waals surface area contributed by atoms with Crippen molar-refractivity contribution in [2.24, 2.45) is 0 Å². The molecule has 0 saturated carbocycles. The number of carbonyl (C=O) groups is 1. The average Bonchev–Trinajstić information content (AvgIpc) is 2.86. The molecule has 0 atom stereocenters. The lowest BCUT2D eigenvalue weighted by Gasteiger charge is -2.00. The third-order valence-electron chi connectivity index (χ3n) is 1.92. The lowest BCUT2D eigenvalue weighted by atomic mass is 10.5. The van der Waals surface area contributed by atoms with Crippen LogP contribution >= 0.6 is 0 Å². The fourth-order valence-electron chi connectivity index (χ4n) is 1.17. The van der Waals surface area contributed by atoms with Crippen LogP contribution in [0.5, 0.6) is 0 Å². The number of furan rings is 1. The molecule has 2 rings (SSSR count). The summed E-state index contributed by atoms with van der Waals surface area (Å²) in [5.41, 5.74) is 0.498. The second kappa shape index (κ2) is 4.18. The number of sulfonamides is 1. The molecule has 2 N–H and O–H groups in total. The highest BCUT2D eigenvalue weighted by molar-refractivity contribution is 7.92. The van der Waals surface area contributed by atoms with E-state index in [-0.39, 0.29) is 5.88 Å². The Hall–Kier alpha value is -2.29. The van der Waals surface area contributed by atoms with Crippen LogP contribution in [0.3, 0.4) is 0 Å². The molecular formula is C9H8N2O6S. The molecule has 0 aromatic carbocycles. The molecule has 96 valence electrons. The van der Waals surface area contributed by atoms with Crippen molar-refractivity contribution >= 4 is 21.9 Å². The standard InChI is InChI=1S/C9H8N2O6S/c1-5-4-7(17-10-5)11-18(14,15)8-3-2-6(16-8)9(12)13/h2-4,11H,1H3,(H,12,13). The molecule has 0 unspecified atom stereocenters. The first-order chi connectivity index (χ1) is 8.38. The highest BCUT2D eigenvalue weighted by Gasteiger charge is 2.22. The first kappa shape index (κ1) is 12.2. The number of carboxylic acids is 1. The minimum atomic E-state index is -4.03. The molecule has 0 amide bonds. The summed E-state index contributed by atoms with van der Waals surface area (Å²) in [6.45, 7) is 1.62. The number of nitrogens with zero attached hydrogens (tertiary/aromatic N) is 1. The van der Waals surface area contributed by atoms with Gasteiger partial charge in [-0.15, -0.1) is 0 Å². The van der Waals surface area contributed by atoms with Crippen LogP contribution in [0.1, 0.15) is 16.2 Å². The molecule has 2 aromatic heterocycles. The van der Waals surface area contributed by atoms with Gasteiger partial charge in [-0.05, 0) is 19.1 Å². The number of hydrogen-bond donors (Lipinski definition) is 2. The molecule has 0 aliphatic rings. The Bertz CT molecular complexity index is 683. The molecule has 2 heterocycles. The zero-order chi connectivity index (χ0) is 13.3. The zero-order valence-corrected chi connectivity index (χ0v) is 9.89. The third kappa shape index (κ3) is 2.35. The molecule has 8 nitrogen and oxygen atoms in total. The van der Waals surface area contributed by atoms with Gasteiger partial charge in [0.2, 0.25) is 16.7 Å². The van der Waals surface area contributed by atoms with E-state index in [0.717, 1.165) is 12.1 Å². The quantitative estimate of drug-likeness (QED) is 0.853. The smallest absolute Gasteiger partial charge is 0.371 e. The van der Waals surface area contributed by atoms with E-state index in [9.17, 15) is 13.2 Å². The first-order valence-corrected chi connectivity index (χ1v) is 6.16. The second-order valence-corrected chi connectivity index (χ2v) is 4.98. The average molecular weight is 272 g/mol. The maximum Gasteiger partial charge on any atom is 0.371 e. The van der Waals surface area contributed by atoms with Crippen LogP contribution in [0.25, 0.3) is 0 Å². The summed E-state index contributed by atoms with van der Waals surface area (Å²) >= 11 is 0. The summed E-state index contributed by atoms with van der Waals surface area (Å²) in [6.07, 6.45) is 0. The molecule has 2 aromatic rings. The van der Waals surface area contributed by atoms with E-state index in [1.54, 1.807) is 6.92 Å². The maximum atomic E-state index is 11.8. The molecule has 18 heavy (non-hydrogen) atoms. The minimum Gasteiger partial charge on any atom is -0.475 e. The van der Waals surface area contributed by atoms with Crippen molar-refractivity contribution in [3.05, 3.63) is 29.7 Å². The van der Waals surface area contributed by atoms with Crippen LogP contribution in [-0.4, -0.2) is 24.7 Å². The van der Waals surface area contributed by atoms with Crippen LogP contribution in [0.4, 0.5) is 5.88 Å². The van der Waals surface area contributed by atoms with Gasteiger partial charge in [-0.2, -0.15) is 8.42 Å². The Morgan fingerprint density at radius 1 is 1.44 bits per heavy atom. The van der Waals surface area contributed by atoms with Crippen molar-refractivity contribution in [3.63, 3.8) is 0 Å². The normalized spacial score (nSPS) is 11.4. The van der Waals surface area contributed by atoms with E-state index in [2.05, 4.69) is 18.8 Å². The van der Waals surface area contributed by atoms with Crippen LogP contribution in [0, 0.1) is 6.92 Å². The Morgan fingerprint density at radius 3 is 2.67 bits per heavy atom. The van der Waals surface area contributed by atoms with Gasteiger partial charge in [0.15, 0.2) is 0 Å². The zero-order valence-electron chi connectivity index (χ0n) is 9.08. The van der Waals surface area contributed by atoms with E-state index in [0.29, 0.717) is 5.69 Å². The summed E-state index contributed by atoms with van der Waals surface area (Å²) in [7, 11) is -4.03. The second-order valence-electron chi connectivity index (χ2n) is 3.36. The van der Waals surface area contributed by atoms with Crippen LogP contribution in [-0.2, 0) is 10.0 Å². The molecule has 0 bridgehead atoms. The number of aromatic nitrogens is 1. The van der Waals surface area contributed by atoms with Crippen LogP contribution < -0.4 is 4.72 Å². The Morgan fingerprint density at radius 2 is 2.17 bits per heavy atom. The summed E-state index contributed by atoms with van der Waals surface area (Å²) in [4.78, 5) is 10.6. The Kier molecular flexibility index (Phi) is 2.83. The summed E-state index contributed by atoms with van der Waals surface area (Å²) in [5, 5.41) is 11.6. The van der Waals surface area contributed by atoms with E-state index in [1.165, 1.54) is 6.07 Å². The molecule has 9 heteroatoms. The van der Waals surface area contributed by atoms with Crippen LogP contribution in [0.2, 0.25) is 0 Å². The number of aromatic carboxylic acids is 1. The first-order valence-electron chi connectivity index (χ1n) is 4.68. The van der Waals surface area contributed by atoms with Gasteiger partial charge in [0.05, 0.1) is 5.69 Å². The topological polar surface area (TPSA) is 123 Å². The van der Waals surface area contributed by atoms with Gasteiger partial charge in [-0.1, -0.05) is 5.16 Å². The number of nitrogens with one attached hydrogen (secondary N) is 1. The third-order valence-corrected chi connectivity index (χ3v) is 3.14. The predicted octanol–water partition coefficient (Wildman–Crippen LogP) is 1.08. The number of aryl methyl sites for hydroxylation is 1. The molecule has 0 spiro atoms. The van der Waals surface area contributed by atoms with Gasteiger partial charge in [0.1, 0.15) is 0 Å².